The second-order valence-corrected chi connectivity index (χ2v) is 5.72. The molecule has 1 aromatic rings. The summed E-state index contributed by atoms with van der Waals surface area (Å²) in [5.74, 6) is -1.40. The zero-order chi connectivity index (χ0) is 16.0. The third-order valence-electron chi connectivity index (χ3n) is 3.18. The summed E-state index contributed by atoms with van der Waals surface area (Å²) in [7, 11) is 0. The first-order valence-electron chi connectivity index (χ1n) is 7.04. The van der Waals surface area contributed by atoms with E-state index >= 15 is 0 Å². The molecule has 0 aliphatic carbocycles. The van der Waals surface area contributed by atoms with Gasteiger partial charge in [-0.3, -0.25) is 9.59 Å². The Kier molecular flexibility index (Phi) is 6.34. The van der Waals surface area contributed by atoms with Gasteiger partial charge in [-0.1, -0.05) is 32.9 Å². The fourth-order valence-corrected chi connectivity index (χ4v) is 2.16. The molecule has 0 aromatic heterocycles. The number of hydrogen-bond acceptors (Lipinski definition) is 2. The van der Waals surface area contributed by atoms with Gasteiger partial charge in [0.1, 0.15) is 12.4 Å². The summed E-state index contributed by atoms with van der Waals surface area (Å²) in [6.45, 7) is 5.88. The van der Waals surface area contributed by atoms with Gasteiger partial charge in [0.25, 0.3) is 0 Å². The lowest BCUT2D eigenvalue weighted by molar-refractivity contribution is -0.145. The molecule has 0 radical (unpaired) electrons. The molecule has 1 N–H and O–H groups in total. The molecule has 1 atom stereocenters. The fraction of sp³-hybridized carbons (Fsp3) is 0.500. The monoisotopic (exact) mass is 295 g/mol. The lowest BCUT2D eigenvalue weighted by Gasteiger charge is -2.24. The number of hydrogen-bond donors (Lipinski definition) is 1. The molecule has 1 unspecified atom stereocenters. The molecule has 0 heterocycles. The van der Waals surface area contributed by atoms with Gasteiger partial charge in [0.15, 0.2) is 0 Å². The van der Waals surface area contributed by atoms with E-state index in [1.807, 2.05) is 20.8 Å². The van der Waals surface area contributed by atoms with Crippen LogP contribution < -0.4 is 0 Å². The van der Waals surface area contributed by atoms with E-state index in [0.29, 0.717) is 6.54 Å². The smallest absolute Gasteiger partial charge is 0.323 e. The summed E-state index contributed by atoms with van der Waals surface area (Å²) >= 11 is 0. The van der Waals surface area contributed by atoms with Crippen molar-refractivity contribution in [2.75, 3.05) is 13.1 Å². The normalized spacial score (nSPS) is 12.2. The minimum Gasteiger partial charge on any atom is -0.480 e. The largest absolute Gasteiger partial charge is 0.480 e. The molecule has 0 aliphatic heterocycles. The van der Waals surface area contributed by atoms with Gasteiger partial charge in [0.05, 0.1) is 0 Å². The van der Waals surface area contributed by atoms with Gasteiger partial charge in [0, 0.05) is 13.0 Å². The molecular formula is C16H22FNO3. The van der Waals surface area contributed by atoms with Crippen LogP contribution in [0.25, 0.3) is 0 Å². The van der Waals surface area contributed by atoms with Crippen molar-refractivity contribution in [1.82, 2.24) is 4.90 Å². The highest BCUT2D eigenvalue weighted by atomic mass is 19.1. The Labute approximate surface area is 124 Å². The molecule has 5 heteroatoms. The minimum atomic E-state index is -1.02. The Morgan fingerprint density at radius 2 is 1.76 bits per heavy atom. The van der Waals surface area contributed by atoms with E-state index < -0.39 is 5.97 Å². The van der Waals surface area contributed by atoms with E-state index in [9.17, 15) is 14.0 Å². The molecule has 0 saturated carbocycles. The number of benzene rings is 1. The van der Waals surface area contributed by atoms with Crippen molar-refractivity contribution in [3.05, 3.63) is 35.6 Å². The standard InChI is InChI=1S/C16H22FNO3/c1-11(2)9-18(10-16(20)21)15(19)8-12(3)13-4-6-14(17)7-5-13/h4-7,11-12H,8-10H2,1-3H3,(H,20,21). The third-order valence-corrected chi connectivity index (χ3v) is 3.18. The summed E-state index contributed by atoms with van der Waals surface area (Å²) < 4.78 is 12.9. The number of nitrogens with zero attached hydrogens (tertiary/aromatic N) is 1. The summed E-state index contributed by atoms with van der Waals surface area (Å²) in [4.78, 5) is 24.5. The Morgan fingerprint density at radius 3 is 2.24 bits per heavy atom. The van der Waals surface area contributed by atoms with E-state index in [4.69, 9.17) is 5.11 Å². The highest BCUT2D eigenvalue weighted by Crippen LogP contribution is 2.20. The lowest BCUT2D eigenvalue weighted by atomic mass is 9.97. The Morgan fingerprint density at radius 1 is 1.19 bits per heavy atom. The van der Waals surface area contributed by atoms with Gasteiger partial charge in [-0.25, -0.2) is 4.39 Å². The number of carboxylic acid groups (broad SMARTS) is 1. The van der Waals surface area contributed by atoms with Crippen LogP contribution in [0.1, 0.15) is 38.7 Å². The van der Waals surface area contributed by atoms with Crippen molar-refractivity contribution < 1.29 is 19.1 Å². The van der Waals surface area contributed by atoms with E-state index in [1.54, 1.807) is 12.1 Å². The number of carbonyl (C=O) groups is 2. The molecule has 0 fully saturated rings. The molecule has 0 bridgehead atoms. The van der Waals surface area contributed by atoms with Crippen LogP contribution >= 0.6 is 0 Å². The maximum absolute atomic E-state index is 12.9. The van der Waals surface area contributed by atoms with Crippen LogP contribution in [0, 0.1) is 11.7 Å². The maximum Gasteiger partial charge on any atom is 0.323 e. The highest BCUT2D eigenvalue weighted by Gasteiger charge is 2.20. The van der Waals surface area contributed by atoms with Crippen LogP contribution in [-0.2, 0) is 9.59 Å². The van der Waals surface area contributed by atoms with Crippen molar-refractivity contribution in [1.29, 1.82) is 0 Å². The van der Waals surface area contributed by atoms with E-state index in [1.165, 1.54) is 17.0 Å². The Balaban J connectivity index is 2.70. The van der Waals surface area contributed by atoms with Crippen LogP contribution in [-0.4, -0.2) is 35.0 Å². The average molecular weight is 295 g/mol. The predicted molar refractivity (Wildman–Crippen MR) is 78.5 cm³/mol. The van der Waals surface area contributed by atoms with E-state index in [-0.39, 0.29) is 36.5 Å². The second-order valence-electron chi connectivity index (χ2n) is 5.72. The van der Waals surface area contributed by atoms with Crippen LogP contribution in [0.15, 0.2) is 24.3 Å². The molecule has 1 aromatic carbocycles. The third kappa shape index (κ3) is 5.94. The molecule has 1 amide bonds. The van der Waals surface area contributed by atoms with Crippen LogP contribution in [0.3, 0.4) is 0 Å². The second kappa shape index (κ2) is 7.76. The molecule has 21 heavy (non-hydrogen) atoms. The van der Waals surface area contributed by atoms with Gasteiger partial charge < -0.3 is 10.0 Å². The molecular weight excluding hydrogens is 273 g/mol. The first kappa shape index (κ1) is 17.1. The zero-order valence-electron chi connectivity index (χ0n) is 12.7. The average Bonchev–Trinajstić information content (AvgIpc) is 2.37. The van der Waals surface area contributed by atoms with Gasteiger partial charge in [-0.15, -0.1) is 0 Å². The fourth-order valence-electron chi connectivity index (χ4n) is 2.16. The van der Waals surface area contributed by atoms with Gasteiger partial charge in [0.2, 0.25) is 5.91 Å². The van der Waals surface area contributed by atoms with E-state index in [0.717, 1.165) is 5.56 Å². The predicted octanol–water partition coefficient (Wildman–Crippen LogP) is 2.89. The summed E-state index contributed by atoms with van der Waals surface area (Å²) in [6, 6.07) is 6.02. The van der Waals surface area contributed by atoms with E-state index in [2.05, 4.69) is 0 Å². The molecule has 1 rings (SSSR count). The van der Waals surface area contributed by atoms with Gasteiger partial charge in [-0.2, -0.15) is 0 Å². The lowest BCUT2D eigenvalue weighted by Crippen LogP contribution is -2.38. The molecule has 4 nitrogen and oxygen atoms in total. The molecule has 0 aliphatic rings. The van der Waals surface area contributed by atoms with Crippen molar-refractivity contribution in [3.63, 3.8) is 0 Å². The van der Waals surface area contributed by atoms with Crippen molar-refractivity contribution in [3.8, 4) is 0 Å². The van der Waals surface area contributed by atoms with Gasteiger partial charge >= 0.3 is 5.97 Å². The first-order valence-corrected chi connectivity index (χ1v) is 7.04. The van der Waals surface area contributed by atoms with Crippen LogP contribution in [0.5, 0.6) is 0 Å². The summed E-state index contributed by atoms with van der Waals surface area (Å²) in [5.41, 5.74) is 0.865. The summed E-state index contributed by atoms with van der Waals surface area (Å²) in [6.07, 6.45) is 0.214. The highest BCUT2D eigenvalue weighted by molar-refractivity contribution is 5.81. The quantitative estimate of drug-likeness (QED) is 0.841. The number of carbonyl (C=O) groups excluding carboxylic acids is 1. The maximum atomic E-state index is 12.9. The number of carboxylic acids is 1. The van der Waals surface area contributed by atoms with Crippen molar-refractivity contribution >= 4 is 11.9 Å². The summed E-state index contributed by atoms with van der Waals surface area (Å²) in [5, 5.41) is 8.89. The topological polar surface area (TPSA) is 57.6 Å². The SMILES string of the molecule is CC(C)CN(CC(=O)O)C(=O)CC(C)c1ccc(F)cc1. The van der Waals surface area contributed by atoms with Crippen LogP contribution in [0.2, 0.25) is 0 Å². The Hall–Kier alpha value is -1.91. The van der Waals surface area contributed by atoms with Crippen LogP contribution in [0.4, 0.5) is 4.39 Å². The zero-order valence-corrected chi connectivity index (χ0v) is 12.7. The molecule has 0 spiro atoms. The van der Waals surface area contributed by atoms with Crippen molar-refractivity contribution in [2.24, 2.45) is 5.92 Å². The molecule has 116 valence electrons. The number of rotatable bonds is 7. The first-order chi connectivity index (χ1) is 9.79. The van der Waals surface area contributed by atoms with Crippen molar-refractivity contribution in [2.45, 2.75) is 33.1 Å². The van der Waals surface area contributed by atoms with Gasteiger partial charge in [-0.05, 0) is 29.5 Å². The number of aliphatic carboxylic acids is 1. The Bertz CT molecular complexity index is 485. The number of halogens is 1. The minimum absolute atomic E-state index is 0.0819. The molecule has 0 saturated heterocycles. The number of amides is 1.